The van der Waals surface area contributed by atoms with Crippen molar-refractivity contribution >= 4 is 5.95 Å². The zero-order valence-corrected chi connectivity index (χ0v) is 13.1. The molecule has 3 heterocycles. The molecule has 0 aromatic carbocycles. The van der Waals surface area contributed by atoms with Gasteiger partial charge in [0.1, 0.15) is 0 Å². The average molecular weight is 300 g/mol. The van der Waals surface area contributed by atoms with Crippen molar-refractivity contribution < 1.29 is 4.74 Å². The van der Waals surface area contributed by atoms with Gasteiger partial charge in [0.2, 0.25) is 5.95 Å². The van der Waals surface area contributed by atoms with Crippen LogP contribution in [0.2, 0.25) is 0 Å². The summed E-state index contributed by atoms with van der Waals surface area (Å²) in [5.41, 5.74) is 2.26. The monoisotopic (exact) mass is 300 g/mol. The first kappa shape index (κ1) is 14.7. The number of aromatic nitrogens is 3. The van der Waals surface area contributed by atoms with Crippen molar-refractivity contribution in [1.29, 1.82) is 0 Å². The summed E-state index contributed by atoms with van der Waals surface area (Å²) in [6.45, 7) is 5.93. The third-order valence-corrected chi connectivity index (χ3v) is 4.07. The lowest BCUT2D eigenvalue weighted by Crippen LogP contribution is -2.46. The number of morpholine rings is 1. The third-order valence-electron chi connectivity index (χ3n) is 4.07. The molecule has 3 rings (SSSR count). The highest BCUT2D eigenvalue weighted by molar-refractivity contribution is 5.63. The van der Waals surface area contributed by atoms with Crippen molar-refractivity contribution in [2.24, 2.45) is 7.05 Å². The van der Waals surface area contributed by atoms with Crippen molar-refractivity contribution in [3.63, 3.8) is 0 Å². The van der Waals surface area contributed by atoms with E-state index in [1.165, 1.54) is 0 Å². The Morgan fingerprint density at radius 1 is 1.32 bits per heavy atom. The molecule has 0 unspecified atom stereocenters. The molecule has 1 saturated heterocycles. The van der Waals surface area contributed by atoms with Crippen LogP contribution in [0.15, 0.2) is 29.3 Å². The molecule has 6 heteroatoms. The number of rotatable bonds is 2. The summed E-state index contributed by atoms with van der Waals surface area (Å²) in [6.07, 6.45) is 3.43. The Bertz CT molecular complexity index is 727. The molecule has 0 bridgehead atoms. The van der Waals surface area contributed by atoms with E-state index >= 15 is 0 Å². The Balaban J connectivity index is 2.15. The van der Waals surface area contributed by atoms with Gasteiger partial charge in [0.05, 0.1) is 24.9 Å². The van der Waals surface area contributed by atoms with Crippen LogP contribution in [0.25, 0.3) is 11.3 Å². The molecule has 2 aromatic rings. The van der Waals surface area contributed by atoms with Gasteiger partial charge in [-0.2, -0.15) is 0 Å². The highest BCUT2D eigenvalue weighted by Crippen LogP contribution is 2.23. The Labute approximate surface area is 129 Å². The minimum absolute atomic E-state index is 0.0181. The Morgan fingerprint density at radius 2 is 2.05 bits per heavy atom. The van der Waals surface area contributed by atoms with Crippen molar-refractivity contribution in [2.45, 2.75) is 19.9 Å². The van der Waals surface area contributed by atoms with E-state index in [2.05, 4.69) is 16.8 Å². The van der Waals surface area contributed by atoms with Crippen molar-refractivity contribution in [3.05, 3.63) is 40.4 Å². The van der Waals surface area contributed by atoms with E-state index in [1.807, 2.05) is 19.1 Å². The third kappa shape index (κ3) is 2.50. The molecule has 0 saturated carbocycles. The fourth-order valence-electron chi connectivity index (χ4n) is 2.77. The SMILES string of the molecule is Cc1c(-c2ccncc2)nc(N2CCOC[C@H]2C)n(C)c1=O. The summed E-state index contributed by atoms with van der Waals surface area (Å²) >= 11 is 0. The summed E-state index contributed by atoms with van der Waals surface area (Å²) < 4.78 is 7.10. The molecular formula is C16H20N4O2. The molecule has 6 nitrogen and oxygen atoms in total. The van der Waals surface area contributed by atoms with Gasteiger partial charge in [0, 0.05) is 37.1 Å². The van der Waals surface area contributed by atoms with Gasteiger partial charge in [-0.25, -0.2) is 4.98 Å². The number of anilines is 1. The molecule has 1 fully saturated rings. The quantitative estimate of drug-likeness (QED) is 0.838. The molecule has 0 radical (unpaired) electrons. The molecule has 1 aliphatic heterocycles. The highest BCUT2D eigenvalue weighted by Gasteiger charge is 2.24. The molecule has 0 amide bonds. The first-order chi connectivity index (χ1) is 10.6. The first-order valence-electron chi connectivity index (χ1n) is 7.42. The Hall–Kier alpha value is -2.21. The second-order valence-electron chi connectivity index (χ2n) is 5.60. The predicted octanol–water partition coefficient (Wildman–Crippen LogP) is 1.38. The molecule has 0 spiro atoms. The number of hydrogen-bond donors (Lipinski definition) is 0. The van der Waals surface area contributed by atoms with Gasteiger partial charge in [-0.15, -0.1) is 0 Å². The van der Waals surface area contributed by atoms with E-state index in [1.54, 1.807) is 24.0 Å². The molecule has 0 aliphatic carbocycles. The van der Waals surface area contributed by atoms with E-state index in [0.717, 1.165) is 17.8 Å². The zero-order chi connectivity index (χ0) is 15.7. The first-order valence-corrected chi connectivity index (χ1v) is 7.42. The van der Waals surface area contributed by atoms with Crippen LogP contribution in [0.4, 0.5) is 5.95 Å². The highest BCUT2D eigenvalue weighted by atomic mass is 16.5. The number of nitrogens with zero attached hydrogens (tertiary/aromatic N) is 4. The largest absolute Gasteiger partial charge is 0.377 e. The summed E-state index contributed by atoms with van der Waals surface area (Å²) in [6, 6.07) is 3.95. The second kappa shape index (κ2) is 5.88. The zero-order valence-electron chi connectivity index (χ0n) is 13.1. The lowest BCUT2D eigenvalue weighted by Gasteiger charge is -2.35. The van der Waals surface area contributed by atoms with Gasteiger partial charge in [-0.05, 0) is 26.0 Å². The maximum atomic E-state index is 12.6. The van der Waals surface area contributed by atoms with Crippen molar-refractivity contribution in [1.82, 2.24) is 14.5 Å². The van der Waals surface area contributed by atoms with Crippen LogP contribution < -0.4 is 10.5 Å². The lowest BCUT2D eigenvalue weighted by atomic mass is 10.1. The van der Waals surface area contributed by atoms with Gasteiger partial charge in [-0.3, -0.25) is 14.3 Å². The van der Waals surface area contributed by atoms with Crippen LogP contribution in [0, 0.1) is 6.92 Å². The van der Waals surface area contributed by atoms with Crippen LogP contribution in [0.3, 0.4) is 0 Å². The topological polar surface area (TPSA) is 60.2 Å². The van der Waals surface area contributed by atoms with Gasteiger partial charge < -0.3 is 9.64 Å². The summed E-state index contributed by atoms with van der Waals surface area (Å²) in [7, 11) is 1.77. The van der Waals surface area contributed by atoms with Crippen LogP contribution in [0.5, 0.6) is 0 Å². The second-order valence-corrected chi connectivity index (χ2v) is 5.60. The van der Waals surface area contributed by atoms with Gasteiger partial charge in [0.15, 0.2) is 0 Å². The van der Waals surface area contributed by atoms with E-state index < -0.39 is 0 Å². The summed E-state index contributed by atoms with van der Waals surface area (Å²) in [4.78, 5) is 23.5. The van der Waals surface area contributed by atoms with E-state index in [4.69, 9.17) is 9.72 Å². The van der Waals surface area contributed by atoms with Crippen LogP contribution >= 0.6 is 0 Å². The maximum absolute atomic E-state index is 12.6. The Kier molecular flexibility index (Phi) is 3.94. The van der Waals surface area contributed by atoms with E-state index in [-0.39, 0.29) is 11.6 Å². The number of pyridine rings is 1. The standard InChI is InChI=1S/C16H20N4O2/c1-11-10-22-9-8-20(11)16-18-14(12(2)15(21)19(16)3)13-4-6-17-7-5-13/h4-7,11H,8-10H2,1-3H3/t11-/m1/s1. The number of hydrogen-bond acceptors (Lipinski definition) is 5. The molecule has 0 N–H and O–H groups in total. The summed E-state index contributed by atoms with van der Waals surface area (Å²) in [5, 5.41) is 0. The van der Waals surface area contributed by atoms with Crippen LogP contribution in [0.1, 0.15) is 12.5 Å². The van der Waals surface area contributed by atoms with E-state index in [9.17, 15) is 4.79 Å². The van der Waals surface area contributed by atoms with Gasteiger partial charge in [-0.1, -0.05) is 0 Å². The molecular weight excluding hydrogens is 280 g/mol. The van der Waals surface area contributed by atoms with Gasteiger partial charge in [0.25, 0.3) is 5.56 Å². The molecule has 1 atom stereocenters. The normalized spacial score (nSPS) is 18.5. The minimum Gasteiger partial charge on any atom is -0.377 e. The van der Waals surface area contributed by atoms with Crippen LogP contribution in [-0.2, 0) is 11.8 Å². The van der Waals surface area contributed by atoms with Crippen molar-refractivity contribution in [3.8, 4) is 11.3 Å². The fraction of sp³-hybridized carbons (Fsp3) is 0.438. The average Bonchev–Trinajstić information content (AvgIpc) is 2.55. The fourth-order valence-corrected chi connectivity index (χ4v) is 2.77. The maximum Gasteiger partial charge on any atom is 0.258 e. The molecule has 1 aliphatic rings. The lowest BCUT2D eigenvalue weighted by molar-refractivity contribution is 0.0976. The van der Waals surface area contributed by atoms with Crippen LogP contribution in [-0.4, -0.2) is 40.3 Å². The summed E-state index contributed by atoms with van der Waals surface area (Å²) in [5.74, 6) is 0.693. The van der Waals surface area contributed by atoms with E-state index in [0.29, 0.717) is 24.7 Å². The minimum atomic E-state index is -0.0181. The van der Waals surface area contributed by atoms with Crippen molar-refractivity contribution in [2.75, 3.05) is 24.7 Å². The smallest absolute Gasteiger partial charge is 0.258 e. The van der Waals surface area contributed by atoms with Gasteiger partial charge >= 0.3 is 0 Å². The number of ether oxygens (including phenoxy) is 1. The predicted molar refractivity (Wildman–Crippen MR) is 85.1 cm³/mol. The molecule has 2 aromatic heterocycles. The molecule has 116 valence electrons. The molecule has 22 heavy (non-hydrogen) atoms. The Morgan fingerprint density at radius 3 is 2.73 bits per heavy atom.